The van der Waals surface area contributed by atoms with Crippen LogP contribution >= 0.6 is 12.4 Å². The molecule has 166 valence electrons. The zero-order chi connectivity index (χ0) is 20.6. The molecule has 0 aromatic heterocycles. The summed E-state index contributed by atoms with van der Waals surface area (Å²) in [4.78, 5) is 39.0. The second kappa shape index (κ2) is 8.80. The van der Waals surface area contributed by atoms with Crippen molar-refractivity contribution in [1.29, 1.82) is 0 Å². The van der Waals surface area contributed by atoms with Crippen molar-refractivity contribution in [1.82, 2.24) is 20.9 Å². The molecular formula is C21H37ClN4O3. The summed E-state index contributed by atoms with van der Waals surface area (Å²) in [6.45, 7) is 11.1. The Morgan fingerprint density at radius 3 is 2.28 bits per heavy atom. The van der Waals surface area contributed by atoms with E-state index in [2.05, 4.69) is 43.6 Å². The van der Waals surface area contributed by atoms with Gasteiger partial charge in [0.2, 0.25) is 5.91 Å². The first-order chi connectivity index (χ1) is 13.0. The summed E-state index contributed by atoms with van der Waals surface area (Å²) in [5, 5.41) is 9.17. The molecule has 0 atom stereocenters. The van der Waals surface area contributed by atoms with E-state index in [9.17, 15) is 14.4 Å². The maximum Gasteiger partial charge on any atom is 0.325 e. The maximum atomic E-state index is 13.0. The summed E-state index contributed by atoms with van der Waals surface area (Å²) in [5.74, 6) is 0.0580. The highest BCUT2D eigenvalue weighted by Crippen LogP contribution is 2.43. The topological polar surface area (TPSA) is 90.5 Å². The van der Waals surface area contributed by atoms with E-state index >= 15 is 0 Å². The van der Waals surface area contributed by atoms with Gasteiger partial charge in [-0.05, 0) is 68.4 Å². The third kappa shape index (κ3) is 5.23. The SMILES string of the molecule is CC1(CNC(=O)CN2C(=O)NC3(CCC(C(C)(C)C)CC3)C2=O)CCNCC1.Cl. The quantitative estimate of drug-likeness (QED) is 0.600. The number of carbonyl (C=O) groups excluding carboxylic acids is 3. The van der Waals surface area contributed by atoms with Gasteiger partial charge in [-0.15, -0.1) is 12.4 Å². The van der Waals surface area contributed by atoms with Crippen molar-refractivity contribution in [3.05, 3.63) is 0 Å². The van der Waals surface area contributed by atoms with Gasteiger partial charge in [0.1, 0.15) is 12.1 Å². The molecule has 1 aliphatic carbocycles. The van der Waals surface area contributed by atoms with Crippen LogP contribution in [0.1, 0.15) is 66.2 Å². The fourth-order valence-corrected chi connectivity index (χ4v) is 4.85. The van der Waals surface area contributed by atoms with E-state index in [0.717, 1.165) is 43.7 Å². The third-order valence-corrected chi connectivity index (χ3v) is 7.13. The summed E-state index contributed by atoms with van der Waals surface area (Å²) >= 11 is 0. The van der Waals surface area contributed by atoms with Crippen molar-refractivity contribution < 1.29 is 14.4 Å². The van der Waals surface area contributed by atoms with Crippen molar-refractivity contribution in [2.24, 2.45) is 16.7 Å². The second-order valence-electron chi connectivity index (χ2n) is 10.4. The number of imide groups is 1. The van der Waals surface area contributed by atoms with E-state index in [4.69, 9.17) is 0 Å². The van der Waals surface area contributed by atoms with E-state index in [0.29, 0.717) is 25.3 Å². The van der Waals surface area contributed by atoms with E-state index in [1.54, 1.807) is 0 Å². The first kappa shape index (κ1) is 23.9. The standard InChI is InChI=1S/C21H36N4O3.ClH/c1-19(2,3)15-5-7-21(8-6-15)17(27)25(18(28)24-21)13-16(26)23-14-20(4)9-11-22-12-10-20;/h15,22H,5-14H2,1-4H3,(H,23,26)(H,24,28);1H. The monoisotopic (exact) mass is 428 g/mol. The Bertz CT molecular complexity index is 632. The fraction of sp³-hybridized carbons (Fsp3) is 0.857. The van der Waals surface area contributed by atoms with Gasteiger partial charge in [-0.2, -0.15) is 0 Å². The molecule has 0 aromatic rings. The molecule has 3 rings (SSSR count). The molecule has 0 bridgehead atoms. The van der Waals surface area contributed by atoms with Crippen molar-refractivity contribution in [3.63, 3.8) is 0 Å². The van der Waals surface area contributed by atoms with Crippen LogP contribution in [0.4, 0.5) is 4.79 Å². The minimum Gasteiger partial charge on any atom is -0.354 e. The second-order valence-corrected chi connectivity index (χ2v) is 10.4. The molecule has 8 heteroatoms. The van der Waals surface area contributed by atoms with Gasteiger partial charge in [0.05, 0.1) is 0 Å². The first-order valence-electron chi connectivity index (χ1n) is 10.7. The van der Waals surface area contributed by atoms with Crippen molar-refractivity contribution >= 4 is 30.3 Å². The predicted octanol–water partition coefficient (Wildman–Crippen LogP) is 2.44. The van der Waals surface area contributed by atoms with Crippen LogP contribution in [-0.2, 0) is 9.59 Å². The lowest BCUT2D eigenvalue weighted by Crippen LogP contribution is -2.51. The molecule has 29 heavy (non-hydrogen) atoms. The third-order valence-electron chi connectivity index (χ3n) is 7.13. The number of halogens is 1. The first-order valence-corrected chi connectivity index (χ1v) is 10.7. The number of rotatable bonds is 4. The van der Waals surface area contributed by atoms with Crippen LogP contribution in [0, 0.1) is 16.7 Å². The minimum absolute atomic E-state index is 0. The molecule has 0 unspecified atom stereocenters. The van der Waals surface area contributed by atoms with E-state index in [-0.39, 0.29) is 41.6 Å². The summed E-state index contributed by atoms with van der Waals surface area (Å²) in [6, 6.07) is -0.428. The zero-order valence-electron chi connectivity index (χ0n) is 18.2. The Hall–Kier alpha value is -1.34. The van der Waals surface area contributed by atoms with Gasteiger partial charge in [0, 0.05) is 6.54 Å². The Morgan fingerprint density at radius 2 is 1.72 bits per heavy atom. The van der Waals surface area contributed by atoms with Crippen LogP contribution in [0.25, 0.3) is 0 Å². The van der Waals surface area contributed by atoms with Crippen LogP contribution in [-0.4, -0.2) is 54.5 Å². The molecular weight excluding hydrogens is 392 g/mol. The summed E-state index contributed by atoms with van der Waals surface area (Å²) < 4.78 is 0. The Morgan fingerprint density at radius 1 is 1.14 bits per heavy atom. The summed E-state index contributed by atoms with van der Waals surface area (Å²) in [5.41, 5.74) is -0.525. The molecule has 2 saturated heterocycles. The summed E-state index contributed by atoms with van der Waals surface area (Å²) in [6.07, 6.45) is 5.16. The molecule has 4 amide bonds. The molecule has 7 nitrogen and oxygen atoms in total. The molecule has 1 spiro atoms. The number of urea groups is 1. The van der Waals surface area contributed by atoms with Gasteiger partial charge < -0.3 is 16.0 Å². The molecule has 0 aromatic carbocycles. The van der Waals surface area contributed by atoms with E-state index < -0.39 is 11.6 Å². The van der Waals surface area contributed by atoms with Crippen LogP contribution in [0.15, 0.2) is 0 Å². The van der Waals surface area contributed by atoms with Gasteiger partial charge in [-0.25, -0.2) is 4.79 Å². The van der Waals surface area contributed by atoms with Gasteiger partial charge in [0.15, 0.2) is 0 Å². The van der Waals surface area contributed by atoms with Gasteiger partial charge >= 0.3 is 6.03 Å². The van der Waals surface area contributed by atoms with Crippen LogP contribution in [0.3, 0.4) is 0 Å². The molecule has 3 N–H and O–H groups in total. The van der Waals surface area contributed by atoms with Crippen molar-refractivity contribution in [2.75, 3.05) is 26.2 Å². The predicted molar refractivity (Wildman–Crippen MR) is 115 cm³/mol. The van der Waals surface area contributed by atoms with Crippen LogP contribution in [0.5, 0.6) is 0 Å². The van der Waals surface area contributed by atoms with E-state index in [1.807, 2.05) is 0 Å². The highest BCUT2D eigenvalue weighted by atomic mass is 35.5. The van der Waals surface area contributed by atoms with Gasteiger partial charge in [-0.3, -0.25) is 14.5 Å². The fourth-order valence-electron chi connectivity index (χ4n) is 4.85. The molecule has 2 aliphatic heterocycles. The normalized spacial score (nSPS) is 29.4. The molecule has 3 fully saturated rings. The number of hydrogen-bond acceptors (Lipinski definition) is 4. The lowest BCUT2D eigenvalue weighted by atomic mass is 9.67. The zero-order valence-corrected chi connectivity index (χ0v) is 19.0. The van der Waals surface area contributed by atoms with E-state index in [1.165, 1.54) is 0 Å². The smallest absolute Gasteiger partial charge is 0.325 e. The molecule has 1 saturated carbocycles. The number of nitrogens with one attached hydrogen (secondary N) is 3. The highest BCUT2D eigenvalue weighted by Gasteiger charge is 2.53. The number of carbonyl (C=O) groups is 3. The average Bonchev–Trinajstić information content (AvgIpc) is 2.84. The molecule has 3 aliphatic rings. The number of nitrogens with zero attached hydrogens (tertiary/aromatic N) is 1. The minimum atomic E-state index is -0.805. The van der Waals surface area contributed by atoms with Crippen molar-refractivity contribution in [3.8, 4) is 0 Å². The number of hydrogen-bond donors (Lipinski definition) is 3. The van der Waals surface area contributed by atoms with Gasteiger partial charge in [-0.1, -0.05) is 27.7 Å². The van der Waals surface area contributed by atoms with Crippen LogP contribution < -0.4 is 16.0 Å². The van der Waals surface area contributed by atoms with Gasteiger partial charge in [0.25, 0.3) is 5.91 Å². The Kier molecular flexibility index (Phi) is 7.26. The number of amides is 4. The lowest BCUT2D eigenvalue weighted by molar-refractivity contribution is -0.136. The molecule has 2 heterocycles. The van der Waals surface area contributed by atoms with Crippen molar-refractivity contribution in [2.45, 2.75) is 71.8 Å². The lowest BCUT2D eigenvalue weighted by Gasteiger charge is -2.40. The highest BCUT2D eigenvalue weighted by molar-refractivity contribution is 6.09. The number of piperidine rings is 1. The van der Waals surface area contributed by atoms with Crippen LogP contribution in [0.2, 0.25) is 0 Å². The molecule has 0 radical (unpaired) electrons. The maximum absolute atomic E-state index is 13.0. The largest absolute Gasteiger partial charge is 0.354 e. The summed E-state index contributed by atoms with van der Waals surface area (Å²) in [7, 11) is 0. The Balaban J connectivity index is 0.00000300. The average molecular weight is 429 g/mol. The Labute approximate surface area is 180 Å².